The van der Waals surface area contributed by atoms with Gasteiger partial charge in [-0.3, -0.25) is 9.36 Å². The number of nitrogens with zero attached hydrogens (tertiary/aromatic N) is 2. The molecule has 0 amide bonds. The molecule has 0 saturated carbocycles. The maximum absolute atomic E-state index is 14.5. The van der Waals surface area contributed by atoms with Crippen LogP contribution in [-0.4, -0.2) is 25.4 Å². The number of aromatic nitrogens is 2. The first-order chi connectivity index (χ1) is 11.3. The number of imidazole rings is 1. The van der Waals surface area contributed by atoms with Gasteiger partial charge in [0.2, 0.25) is 0 Å². The Kier molecular flexibility index (Phi) is 4.40. The molecule has 0 bridgehead atoms. The second-order valence-corrected chi connectivity index (χ2v) is 8.24. The minimum atomic E-state index is -1.09. The van der Waals surface area contributed by atoms with E-state index in [1.165, 1.54) is 6.07 Å². The van der Waals surface area contributed by atoms with Crippen molar-refractivity contribution in [3.63, 3.8) is 0 Å². The van der Waals surface area contributed by atoms with E-state index in [-0.39, 0.29) is 0 Å². The van der Waals surface area contributed by atoms with E-state index in [1.54, 1.807) is 30.5 Å². The molecule has 3 rings (SSSR count). The summed E-state index contributed by atoms with van der Waals surface area (Å²) in [5, 5.41) is 9.83. The normalized spacial score (nSPS) is 11.8. The fraction of sp³-hybridized carbons (Fsp3) is 0.176. The van der Waals surface area contributed by atoms with Gasteiger partial charge in [-0.2, -0.15) is 0 Å². The van der Waals surface area contributed by atoms with Gasteiger partial charge in [0, 0.05) is 4.47 Å². The van der Waals surface area contributed by atoms with Crippen LogP contribution in [0.3, 0.4) is 0 Å². The molecule has 0 aliphatic rings. The Balaban J connectivity index is 2.25. The first kappa shape index (κ1) is 17.0. The molecule has 1 aromatic heterocycles. The largest absolute Gasteiger partial charge is 0.480 e. The third kappa shape index (κ3) is 3.06. The number of benzene rings is 2. The lowest BCUT2D eigenvalue weighted by Crippen LogP contribution is -2.27. The lowest BCUT2D eigenvalue weighted by molar-refractivity contribution is -0.138. The van der Waals surface area contributed by atoms with Crippen molar-refractivity contribution in [3.8, 4) is 5.69 Å². The number of carboxylic acid groups (broad SMARTS) is 1. The molecule has 0 atom stereocenters. The number of hydrogen-bond donors (Lipinski definition) is 1. The van der Waals surface area contributed by atoms with E-state index in [0.717, 1.165) is 17.3 Å². The summed E-state index contributed by atoms with van der Waals surface area (Å²) in [6.45, 7) is 3.20. The number of thioether (sulfide) groups is 1. The van der Waals surface area contributed by atoms with Gasteiger partial charge >= 0.3 is 5.97 Å². The molecule has 0 aliphatic carbocycles. The molecule has 7 heteroatoms. The average Bonchev–Trinajstić information content (AvgIpc) is 2.84. The number of para-hydroxylation sites is 2. The van der Waals surface area contributed by atoms with Gasteiger partial charge in [0.05, 0.1) is 16.7 Å². The highest BCUT2D eigenvalue weighted by molar-refractivity contribution is 9.10. The molecule has 0 radical (unpaired) electrons. The smallest absolute Gasteiger partial charge is 0.319 e. The van der Waals surface area contributed by atoms with Gasteiger partial charge in [-0.25, -0.2) is 9.37 Å². The van der Waals surface area contributed by atoms with Crippen LogP contribution in [0.25, 0.3) is 16.7 Å². The number of carbonyl (C=O) groups is 1. The van der Waals surface area contributed by atoms with Crippen molar-refractivity contribution in [2.75, 3.05) is 0 Å². The molecule has 0 unspecified atom stereocenters. The Labute approximate surface area is 150 Å². The van der Waals surface area contributed by atoms with Crippen LogP contribution in [0.1, 0.15) is 13.8 Å². The summed E-state index contributed by atoms with van der Waals surface area (Å²) in [4.78, 5) is 16.0. The topological polar surface area (TPSA) is 55.1 Å². The lowest BCUT2D eigenvalue weighted by Gasteiger charge is -2.19. The maximum atomic E-state index is 14.5. The third-order valence-corrected chi connectivity index (χ3v) is 5.18. The fourth-order valence-corrected chi connectivity index (χ4v) is 3.55. The molecule has 0 fully saturated rings. The van der Waals surface area contributed by atoms with Crippen LogP contribution in [-0.2, 0) is 4.79 Å². The summed E-state index contributed by atoms with van der Waals surface area (Å²) in [6.07, 6.45) is 0. The van der Waals surface area contributed by atoms with Gasteiger partial charge in [0.15, 0.2) is 5.16 Å². The van der Waals surface area contributed by atoms with Crippen molar-refractivity contribution in [2.45, 2.75) is 23.8 Å². The highest BCUT2D eigenvalue weighted by Crippen LogP contribution is 2.36. The summed E-state index contributed by atoms with van der Waals surface area (Å²) in [7, 11) is 0. The molecule has 4 nitrogen and oxygen atoms in total. The van der Waals surface area contributed by atoms with Gasteiger partial charge in [-0.1, -0.05) is 39.8 Å². The monoisotopic (exact) mass is 408 g/mol. The number of carboxylic acids is 1. The fourth-order valence-electron chi connectivity index (χ4n) is 2.24. The molecule has 2 aromatic carbocycles. The average molecular weight is 409 g/mol. The zero-order valence-corrected chi connectivity index (χ0v) is 15.4. The van der Waals surface area contributed by atoms with Gasteiger partial charge in [0.1, 0.15) is 10.6 Å². The number of aliphatic carboxylic acids is 1. The molecule has 24 heavy (non-hydrogen) atoms. The van der Waals surface area contributed by atoms with Gasteiger partial charge in [-0.05, 0) is 44.2 Å². The Morgan fingerprint density at radius 1 is 1.29 bits per heavy atom. The van der Waals surface area contributed by atoms with Gasteiger partial charge < -0.3 is 5.11 Å². The van der Waals surface area contributed by atoms with Crippen molar-refractivity contribution in [1.82, 2.24) is 9.55 Å². The quantitative estimate of drug-likeness (QED) is 0.624. The predicted octanol–water partition coefficient (Wildman–Crippen LogP) is 4.88. The number of fused-ring (bicyclic) bond motifs is 1. The van der Waals surface area contributed by atoms with Crippen molar-refractivity contribution in [2.24, 2.45) is 0 Å². The van der Waals surface area contributed by atoms with Gasteiger partial charge in [0.25, 0.3) is 0 Å². The van der Waals surface area contributed by atoms with E-state index in [2.05, 4.69) is 20.9 Å². The summed E-state index contributed by atoms with van der Waals surface area (Å²) in [5.74, 6) is -1.37. The predicted molar refractivity (Wildman–Crippen MR) is 96.3 cm³/mol. The van der Waals surface area contributed by atoms with Crippen LogP contribution in [0.4, 0.5) is 4.39 Å². The summed E-state index contributed by atoms with van der Waals surface area (Å²) < 4.78 is 15.7. The van der Waals surface area contributed by atoms with Gasteiger partial charge in [-0.15, -0.1) is 0 Å². The highest BCUT2D eigenvalue weighted by Gasteiger charge is 2.31. The Bertz CT molecular complexity index is 939. The van der Waals surface area contributed by atoms with E-state index >= 15 is 0 Å². The Morgan fingerprint density at radius 3 is 2.67 bits per heavy atom. The zero-order valence-electron chi connectivity index (χ0n) is 13.0. The summed E-state index contributed by atoms with van der Waals surface area (Å²) in [5.41, 5.74) is 1.74. The second-order valence-electron chi connectivity index (χ2n) is 5.73. The van der Waals surface area contributed by atoms with Crippen molar-refractivity contribution < 1.29 is 14.3 Å². The molecule has 0 saturated heterocycles. The van der Waals surface area contributed by atoms with Crippen LogP contribution >= 0.6 is 27.7 Å². The molecule has 0 spiro atoms. The molecule has 3 aromatic rings. The summed E-state index contributed by atoms with van der Waals surface area (Å²) in [6, 6.07) is 12.1. The summed E-state index contributed by atoms with van der Waals surface area (Å²) >= 11 is 4.34. The standard InChI is InChI=1S/C17H14BrFN2O2S/c1-17(2,15(22)23)24-16-20-12-5-3-4-6-14(12)21(16)13-8-7-10(18)9-11(13)19/h3-9H,1-2H3,(H,22,23). The van der Waals surface area contributed by atoms with E-state index in [0.29, 0.717) is 20.8 Å². The number of halogens is 2. The van der Waals surface area contributed by atoms with Crippen LogP contribution in [0.5, 0.6) is 0 Å². The molecular formula is C17H14BrFN2O2S. The Morgan fingerprint density at radius 2 is 2.00 bits per heavy atom. The zero-order chi connectivity index (χ0) is 17.5. The van der Waals surface area contributed by atoms with E-state index in [9.17, 15) is 14.3 Å². The second kappa shape index (κ2) is 6.22. The van der Waals surface area contributed by atoms with E-state index in [4.69, 9.17) is 0 Å². The number of rotatable bonds is 4. The highest BCUT2D eigenvalue weighted by atomic mass is 79.9. The van der Waals surface area contributed by atoms with E-state index < -0.39 is 16.5 Å². The van der Waals surface area contributed by atoms with Crippen LogP contribution in [0, 0.1) is 5.82 Å². The first-order valence-corrected chi connectivity index (χ1v) is 8.76. The number of hydrogen-bond acceptors (Lipinski definition) is 3. The molecular weight excluding hydrogens is 395 g/mol. The Hall–Kier alpha value is -1.86. The first-order valence-electron chi connectivity index (χ1n) is 7.15. The molecule has 124 valence electrons. The third-order valence-electron chi connectivity index (χ3n) is 3.54. The van der Waals surface area contributed by atoms with Crippen molar-refractivity contribution in [3.05, 3.63) is 52.8 Å². The molecule has 0 aliphatic heterocycles. The van der Waals surface area contributed by atoms with Crippen LogP contribution in [0.15, 0.2) is 52.1 Å². The minimum Gasteiger partial charge on any atom is -0.480 e. The van der Waals surface area contributed by atoms with E-state index in [1.807, 2.05) is 24.3 Å². The minimum absolute atomic E-state index is 0.329. The SMILES string of the molecule is CC(C)(Sc1nc2ccccc2n1-c1ccc(Br)cc1F)C(=O)O. The van der Waals surface area contributed by atoms with Crippen molar-refractivity contribution in [1.29, 1.82) is 0 Å². The van der Waals surface area contributed by atoms with Crippen LogP contribution < -0.4 is 0 Å². The van der Waals surface area contributed by atoms with Crippen molar-refractivity contribution >= 4 is 44.7 Å². The lowest BCUT2D eigenvalue weighted by atomic mass is 10.2. The molecule has 1 N–H and O–H groups in total. The maximum Gasteiger partial charge on any atom is 0.319 e. The van der Waals surface area contributed by atoms with Crippen LogP contribution in [0.2, 0.25) is 0 Å². The molecule has 1 heterocycles.